The number of benzene rings is 2. The van der Waals surface area contributed by atoms with Gasteiger partial charge in [-0.1, -0.05) is 29.8 Å². The fourth-order valence-electron chi connectivity index (χ4n) is 1.74. The van der Waals surface area contributed by atoms with Crippen molar-refractivity contribution in [1.82, 2.24) is 0 Å². The fourth-order valence-corrected chi connectivity index (χ4v) is 1.93. The quantitative estimate of drug-likeness (QED) is 0.874. The first-order valence-corrected chi connectivity index (χ1v) is 6.68. The van der Waals surface area contributed by atoms with Gasteiger partial charge >= 0.3 is 0 Å². The van der Waals surface area contributed by atoms with E-state index in [1.165, 1.54) is 6.07 Å². The zero-order valence-corrected chi connectivity index (χ0v) is 11.8. The van der Waals surface area contributed by atoms with E-state index in [0.717, 1.165) is 12.1 Å². The number of amides is 1. The van der Waals surface area contributed by atoms with E-state index in [1.807, 2.05) is 0 Å². The second-order valence-corrected chi connectivity index (χ2v) is 4.71. The Hall–Kier alpha value is -2.14. The highest BCUT2D eigenvalue weighted by atomic mass is 35.5. The molecule has 0 fully saturated rings. The number of para-hydroxylation sites is 2. The van der Waals surface area contributed by atoms with E-state index in [2.05, 4.69) is 10.6 Å². The Kier molecular flexibility index (Phi) is 5.11. The van der Waals surface area contributed by atoms with Crippen LogP contribution in [0.25, 0.3) is 0 Å². The molecule has 110 valence electrons. The molecule has 0 aliphatic heterocycles. The molecular formula is C15H13ClF2N2O. The molecule has 0 saturated carbocycles. The van der Waals surface area contributed by atoms with Gasteiger partial charge in [0.15, 0.2) is 0 Å². The van der Waals surface area contributed by atoms with Gasteiger partial charge < -0.3 is 10.6 Å². The Labute approximate surface area is 125 Å². The van der Waals surface area contributed by atoms with Crippen molar-refractivity contribution in [3.63, 3.8) is 0 Å². The first kappa shape index (κ1) is 15.3. The third-order valence-corrected chi connectivity index (χ3v) is 3.09. The molecule has 0 heterocycles. The third kappa shape index (κ3) is 4.16. The summed E-state index contributed by atoms with van der Waals surface area (Å²) in [5.74, 6) is -1.68. The lowest BCUT2D eigenvalue weighted by atomic mass is 10.2. The predicted octanol–water partition coefficient (Wildman–Crippen LogP) is 4.06. The molecule has 0 saturated heterocycles. The van der Waals surface area contributed by atoms with Crippen LogP contribution in [-0.4, -0.2) is 12.5 Å². The molecule has 0 aliphatic carbocycles. The lowest BCUT2D eigenvalue weighted by Crippen LogP contribution is -2.17. The average molecular weight is 311 g/mol. The molecule has 0 spiro atoms. The molecule has 2 aromatic carbocycles. The van der Waals surface area contributed by atoms with Crippen LogP contribution >= 0.6 is 11.6 Å². The largest absolute Gasteiger partial charge is 0.380 e. The van der Waals surface area contributed by atoms with Crippen LogP contribution in [0.4, 0.5) is 20.2 Å². The van der Waals surface area contributed by atoms with Gasteiger partial charge in [0.05, 0.1) is 10.7 Å². The maximum absolute atomic E-state index is 13.4. The number of hydrogen-bond acceptors (Lipinski definition) is 2. The highest BCUT2D eigenvalue weighted by Crippen LogP contribution is 2.21. The Morgan fingerprint density at radius 3 is 2.38 bits per heavy atom. The maximum Gasteiger partial charge on any atom is 0.226 e. The summed E-state index contributed by atoms with van der Waals surface area (Å²) in [5, 5.41) is 5.63. The van der Waals surface area contributed by atoms with Crippen LogP contribution in [0.3, 0.4) is 0 Å². The standard InChI is InChI=1S/C15H13ClF2N2O/c16-10-4-1-2-7-13(10)20-14(21)8-9-19-15-11(17)5-3-6-12(15)18/h1-7,19H,8-9H2,(H,20,21). The van der Waals surface area contributed by atoms with Crippen LogP contribution in [0.15, 0.2) is 42.5 Å². The van der Waals surface area contributed by atoms with Gasteiger partial charge in [-0.2, -0.15) is 0 Å². The summed E-state index contributed by atoms with van der Waals surface area (Å²) < 4.78 is 26.7. The number of hydrogen-bond donors (Lipinski definition) is 2. The molecule has 0 unspecified atom stereocenters. The van der Waals surface area contributed by atoms with E-state index in [0.29, 0.717) is 10.7 Å². The van der Waals surface area contributed by atoms with Crippen molar-refractivity contribution in [2.24, 2.45) is 0 Å². The zero-order chi connectivity index (χ0) is 15.2. The zero-order valence-electron chi connectivity index (χ0n) is 11.0. The van der Waals surface area contributed by atoms with Crippen molar-refractivity contribution in [2.45, 2.75) is 6.42 Å². The van der Waals surface area contributed by atoms with Crippen molar-refractivity contribution in [3.8, 4) is 0 Å². The minimum Gasteiger partial charge on any atom is -0.380 e. The smallest absolute Gasteiger partial charge is 0.226 e. The van der Waals surface area contributed by atoms with Crippen LogP contribution in [0, 0.1) is 11.6 Å². The van der Waals surface area contributed by atoms with E-state index in [9.17, 15) is 13.6 Å². The highest BCUT2D eigenvalue weighted by Gasteiger charge is 2.09. The Morgan fingerprint density at radius 2 is 1.71 bits per heavy atom. The average Bonchev–Trinajstić information content (AvgIpc) is 2.45. The Morgan fingerprint density at radius 1 is 1.05 bits per heavy atom. The van der Waals surface area contributed by atoms with Crippen molar-refractivity contribution in [3.05, 3.63) is 59.1 Å². The van der Waals surface area contributed by atoms with Crippen molar-refractivity contribution < 1.29 is 13.6 Å². The van der Waals surface area contributed by atoms with Crippen LogP contribution in [0.5, 0.6) is 0 Å². The van der Waals surface area contributed by atoms with E-state index in [1.54, 1.807) is 24.3 Å². The molecule has 3 nitrogen and oxygen atoms in total. The van der Waals surface area contributed by atoms with Gasteiger partial charge in [-0.25, -0.2) is 8.78 Å². The molecule has 2 rings (SSSR count). The molecule has 0 bridgehead atoms. The van der Waals surface area contributed by atoms with Gasteiger partial charge in [-0.15, -0.1) is 0 Å². The first-order chi connectivity index (χ1) is 10.1. The summed E-state index contributed by atoms with van der Waals surface area (Å²) in [6.45, 7) is 0.105. The molecule has 0 radical (unpaired) electrons. The van der Waals surface area contributed by atoms with Gasteiger partial charge in [0.2, 0.25) is 5.91 Å². The summed E-state index contributed by atoms with van der Waals surface area (Å²) in [5.41, 5.74) is 0.268. The second kappa shape index (κ2) is 7.04. The monoisotopic (exact) mass is 310 g/mol. The van der Waals surface area contributed by atoms with E-state index in [4.69, 9.17) is 11.6 Å². The van der Waals surface area contributed by atoms with Gasteiger partial charge in [0.1, 0.15) is 17.3 Å². The van der Waals surface area contributed by atoms with Crippen molar-refractivity contribution in [1.29, 1.82) is 0 Å². The van der Waals surface area contributed by atoms with Crippen LogP contribution < -0.4 is 10.6 Å². The first-order valence-electron chi connectivity index (χ1n) is 6.30. The molecule has 2 N–H and O–H groups in total. The van der Waals surface area contributed by atoms with Crippen LogP contribution in [-0.2, 0) is 4.79 Å². The molecule has 2 aromatic rings. The predicted molar refractivity (Wildman–Crippen MR) is 79.5 cm³/mol. The van der Waals surface area contributed by atoms with Gasteiger partial charge in [-0.3, -0.25) is 4.79 Å². The number of nitrogens with one attached hydrogen (secondary N) is 2. The second-order valence-electron chi connectivity index (χ2n) is 4.30. The van der Waals surface area contributed by atoms with Gasteiger partial charge in [-0.05, 0) is 24.3 Å². The summed E-state index contributed by atoms with van der Waals surface area (Å²) in [7, 11) is 0. The molecule has 0 atom stereocenters. The minimum atomic E-state index is -0.693. The van der Waals surface area contributed by atoms with E-state index in [-0.39, 0.29) is 24.6 Å². The minimum absolute atomic E-state index is 0.0546. The van der Waals surface area contributed by atoms with Gasteiger partial charge in [0.25, 0.3) is 0 Å². The summed E-state index contributed by atoms with van der Waals surface area (Å²) in [6.07, 6.45) is 0.0546. The maximum atomic E-state index is 13.4. The Bertz CT molecular complexity index is 629. The number of halogens is 3. The number of carbonyl (C=O) groups is 1. The fraction of sp³-hybridized carbons (Fsp3) is 0.133. The Balaban J connectivity index is 1.86. The molecule has 0 aliphatic rings. The molecule has 1 amide bonds. The molecule has 0 aromatic heterocycles. The topological polar surface area (TPSA) is 41.1 Å². The normalized spacial score (nSPS) is 10.2. The van der Waals surface area contributed by atoms with E-state index >= 15 is 0 Å². The number of anilines is 2. The summed E-state index contributed by atoms with van der Waals surface area (Å²) in [6, 6.07) is 10.4. The summed E-state index contributed by atoms with van der Waals surface area (Å²) >= 11 is 5.91. The van der Waals surface area contributed by atoms with Gasteiger partial charge in [0, 0.05) is 13.0 Å². The third-order valence-electron chi connectivity index (χ3n) is 2.76. The van der Waals surface area contributed by atoms with Crippen LogP contribution in [0.2, 0.25) is 5.02 Å². The van der Waals surface area contributed by atoms with Crippen LogP contribution in [0.1, 0.15) is 6.42 Å². The van der Waals surface area contributed by atoms with Crippen molar-refractivity contribution in [2.75, 3.05) is 17.2 Å². The molecular weight excluding hydrogens is 298 g/mol. The number of carbonyl (C=O) groups excluding carboxylic acids is 1. The highest BCUT2D eigenvalue weighted by molar-refractivity contribution is 6.33. The lowest BCUT2D eigenvalue weighted by Gasteiger charge is -2.09. The van der Waals surface area contributed by atoms with E-state index < -0.39 is 11.6 Å². The SMILES string of the molecule is O=C(CCNc1c(F)cccc1F)Nc1ccccc1Cl. The number of rotatable bonds is 5. The molecule has 6 heteroatoms. The molecule has 21 heavy (non-hydrogen) atoms. The van der Waals surface area contributed by atoms with Crippen molar-refractivity contribution >= 4 is 28.9 Å². The lowest BCUT2D eigenvalue weighted by molar-refractivity contribution is -0.115. The summed E-state index contributed by atoms with van der Waals surface area (Å²) in [4.78, 5) is 11.7.